The number of halogens is 2. The minimum Gasteiger partial charge on any atom is -0.397 e. The zero-order valence-corrected chi connectivity index (χ0v) is 10.6. The highest BCUT2D eigenvalue weighted by Gasteiger charge is 2.20. The van der Waals surface area contributed by atoms with E-state index in [-0.39, 0.29) is 11.9 Å². The maximum Gasteiger partial charge on any atom is 0.220 e. The number of carbonyl (C=O) groups is 1. The van der Waals surface area contributed by atoms with Gasteiger partial charge < -0.3 is 16.4 Å². The molecule has 1 unspecified atom stereocenters. The van der Waals surface area contributed by atoms with Gasteiger partial charge in [0.25, 0.3) is 0 Å². The molecule has 6 heteroatoms. The molecule has 92 valence electrons. The zero-order chi connectivity index (χ0) is 12.4. The maximum atomic E-state index is 11.0. The molecule has 1 saturated heterocycles. The number of anilines is 2. The van der Waals surface area contributed by atoms with Gasteiger partial charge in [-0.05, 0) is 18.6 Å². The smallest absolute Gasteiger partial charge is 0.220 e. The first-order valence-corrected chi connectivity index (χ1v) is 6.09. The third-order valence-corrected chi connectivity index (χ3v) is 3.44. The molecule has 0 bridgehead atoms. The molecule has 1 amide bonds. The first kappa shape index (κ1) is 12.3. The molecular weight excluding hydrogens is 261 g/mol. The van der Waals surface area contributed by atoms with Crippen LogP contribution in [0.2, 0.25) is 10.0 Å². The number of rotatable bonds is 3. The molecule has 1 heterocycles. The summed E-state index contributed by atoms with van der Waals surface area (Å²) in [4.78, 5) is 11.0. The van der Waals surface area contributed by atoms with Gasteiger partial charge in [0, 0.05) is 19.0 Å². The van der Waals surface area contributed by atoms with E-state index < -0.39 is 0 Å². The van der Waals surface area contributed by atoms with Crippen LogP contribution < -0.4 is 16.4 Å². The fourth-order valence-corrected chi connectivity index (χ4v) is 2.11. The van der Waals surface area contributed by atoms with Crippen LogP contribution in [0.15, 0.2) is 12.1 Å². The van der Waals surface area contributed by atoms with Crippen molar-refractivity contribution in [2.45, 2.75) is 18.9 Å². The van der Waals surface area contributed by atoms with Crippen LogP contribution in [-0.4, -0.2) is 18.5 Å². The predicted octanol–water partition coefficient (Wildman–Crippen LogP) is 2.27. The Morgan fingerprint density at radius 1 is 1.41 bits per heavy atom. The van der Waals surface area contributed by atoms with Crippen molar-refractivity contribution in [3.05, 3.63) is 22.2 Å². The fourth-order valence-electron chi connectivity index (χ4n) is 1.78. The average molecular weight is 274 g/mol. The molecule has 0 spiro atoms. The van der Waals surface area contributed by atoms with Crippen LogP contribution in [0.4, 0.5) is 11.4 Å². The lowest BCUT2D eigenvalue weighted by Crippen LogP contribution is -2.31. The number of nitrogen functional groups attached to an aromatic ring is 1. The molecule has 1 fully saturated rings. The van der Waals surface area contributed by atoms with Crippen LogP contribution in [0.5, 0.6) is 0 Å². The summed E-state index contributed by atoms with van der Waals surface area (Å²) in [5, 5.41) is 6.92. The predicted molar refractivity (Wildman–Crippen MR) is 70.5 cm³/mol. The summed E-state index contributed by atoms with van der Waals surface area (Å²) in [6, 6.07) is 3.45. The van der Waals surface area contributed by atoms with Crippen molar-refractivity contribution in [2.24, 2.45) is 0 Å². The van der Waals surface area contributed by atoms with Gasteiger partial charge >= 0.3 is 0 Å². The van der Waals surface area contributed by atoms with Crippen molar-refractivity contribution in [1.82, 2.24) is 5.32 Å². The fraction of sp³-hybridized carbons (Fsp3) is 0.364. The monoisotopic (exact) mass is 273 g/mol. The highest BCUT2D eigenvalue weighted by Crippen LogP contribution is 2.30. The van der Waals surface area contributed by atoms with Gasteiger partial charge in [-0.3, -0.25) is 4.79 Å². The SMILES string of the molecule is Nc1cc(Cl)c(Cl)cc1NCC1CCC(=O)N1. The Kier molecular flexibility index (Phi) is 3.64. The number of hydrogen-bond donors (Lipinski definition) is 3. The number of amides is 1. The molecular formula is C11H13Cl2N3O. The molecule has 1 aliphatic rings. The van der Waals surface area contributed by atoms with Crippen molar-refractivity contribution in [3.63, 3.8) is 0 Å². The molecule has 1 aromatic carbocycles. The van der Waals surface area contributed by atoms with E-state index >= 15 is 0 Å². The van der Waals surface area contributed by atoms with Crippen molar-refractivity contribution >= 4 is 40.5 Å². The standard InChI is InChI=1S/C11H13Cl2N3O/c12-7-3-9(14)10(4-8(7)13)15-5-6-1-2-11(17)16-6/h3-4,6,15H,1-2,5,14H2,(H,16,17). The van der Waals surface area contributed by atoms with E-state index in [1.807, 2.05) is 0 Å². The molecule has 0 aromatic heterocycles. The Morgan fingerprint density at radius 2 is 2.12 bits per heavy atom. The molecule has 1 atom stereocenters. The largest absolute Gasteiger partial charge is 0.397 e. The van der Waals surface area contributed by atoms with E-state index in [0.29, 0.717) is 28.7 Å². The Balaban J connectivity index is 1.99. The first-order chi connectivity index (χ1) is 8.06. The van der Waals surface area contributed by atoms with Gasteiger partial charge in [-0.2, -0.15) is 0 Å². The van der Waals surface area contributed by atoms with E-state index in [1.54, 1.807) is 12.1 Å². The van der Waals surface area contributed by atoms with Gasteiger partial charge in [-0.15, -0.1) is 0 Å². The topological polar surface area (TPSA) is 67.1 Å². The minimum absolute atomic E-state index is 0.0962. The van der Waals surface area contributed by atoms with Crippen molar-refractivity contribution in [1.29, 1.82) is 0 Å². The van der Waals surface area contributed by atoms with Crippen molar-refractivity contribution < 1.29 is 4.79 Å². The third kappa shape index (κ3) is 2.96. The molecule has 0 saturated carbocycles. The summed E-state index contributed by atoms with van der Waals surface area (Å²) in [6.45, 7) is 0.633. The van der Waals surface area contributed by atoms with Crippen LogP contribution in [0.25, 0.3) is 0 Å². The number of hydrogen-bond acceptors (Lipinski definition) is 3. The Labute approximate surface area is 109 Å². The Morgan fingerprint density at radius 3 is 2.76 bits per heavy atom. The summed E-state index contributed by atoms with van der Waals surface area (Å²) in [6.07, 6.45) is 1.43. The van der Waals surface area contributed by atoms with E-state index in [2.05, 4.69) is 10.6 Å². The summed E-state index contributed by atoms with van der Waals surface area (Å²) < 4.78 is 0. The second-order valence-electron chi connectivity index (χ2n) is 4.04. The normalized spacial score (nSPS) is 19.2. The van der Waals surface area contributed by atoms with Crippen LogP contribution in [0.1, 0.15) is 12.8 Å². The molecule has 0 radical (unpaired) electrons. The number of nitrogens with one attached hydrogen (secondary N) is 2. The van der Waals surface area contributed by atoms with Crippen LogP contribution in [0.3, 0.4) is 0 Å². The van der Waals surface area contributed by atoms with Gasteiger partial charge in [-0.25, -0.2) is 0 Å². The van der Waals surface area contributed by atoms with Gasteiger partial charge in [0.2, 0.25) is 5.91 Å². The lowest BCUT2D eigenvalue weighted by Gasteiger charge is -2.14. The van der Waals surface area contributed by atoms with Gasteiger partial charge in [-0.1, -0.05) is 23.2 Å². The summed E-state index contributed by atoms with van der Waals surface area (Å²) in [5.41, 5.74) is 7.09. The molecule has 4 N–H and O–H groups in total. The average Bonchev–Trinajstić information content (AvgIpc) is 2.68. The first-order valence-electron chi connectivity index (χ1n) is 5.34. The van der Waals surface area contributed by atoms with Gasteiger partial charge in [0.15, 0.2) is 0 Å². The lowest BCUT2D eigenvalue weighted by atomic mass is 10.2. The highest BCUT2D eigenvalue weighted by atomic mass is 35.5. The highest BCUT2D eigenvalue weighted by molar-refractivity contribution is 6.42. The van der Waals surface area contributed by atoms with Crippen LogP contribution in [0, 0.1) is 0 Å². The van der Waals surface area contributed by atoms with Gasteiger partial charge in [0.1, 0.15) is 0 Å². The molecule has 2 rings (SSSR count). The van der Waals surface area contributed by atoms with E-state index in [0.717, 1.165) is 12.1 Å². The second kappa shape index (κ2) is 5.02. The van der Waals surface area contributed by atoms with Crippen molar-refractivity contribution in [2.75, 3.05) is 17.6 Å². The molecule has 1 aromatic rings. The van der Waals surface area contributed by atoms with Crippen LogP contribution >= 0.6 is 23.2 Å². The van der Waals surface area contributed by atoms with Crippen molar-refractivity contribution in [3.8, 4) is 0 Å². The molecule has 0 aliphatic carbocycles. The maximum absolute atomic E-state index is 11.0. The number of carbonyl (C=O) groups excluding carboxylic acids is 1. The lowest BCUT2D eigenvalue weighted by molar-refractivity contribution is -0.119. The number of benzene rings is 1. The minimum atomic E-state index is 0.0962. The van der Waals surface area contributed by atoms with E-state index in [9.17, 15) is 4.79 Å². The number of nitrogens with two attached hydrogens (primary N) is 1. The second-order valence-corrected chi connectivity index (χ2v) is 4.85. The summed E-state index contributed by atoms with van der Waals surface area (Å²) in [5.74, 6) is 0.0962. The summed E-state index contributed by atoms with van der Waals surface area (Å²) in [7, 11) is 0. The van der Waals surface area contributed by atoms with Crippen LogP contribution in [-0.2, 0) is 4.79 Å². The quantitative estimate of drug-likeness (QED) is 0.741. The Hall–Kier alpha value is -1.13. The Bertz CT molecular complexity index is 451. The summed E-state index contributed by atoms with van der Waals surface area (Å²) >= 11 is 11.7. The molecule has 4 nitrogen and oxygen atoms in total. The molecule has 1 aliphatic heterocycles. The molecule has 17 heavy (non-hydrogen) atoms. The third-order valence-electron chi connectivity index (χ3n) is 2.72. The van der Waals surface area contributed by atoms with E-state index in [1.165, 1.54) is 0 Å². The zero-order valence-electron chi connectivity index (χ0n) is 9.09. The van der Waals surface area contributed by atoms with E-state index in [4.69, 9.17) is 28.9 Å². The van der Waals surface area contributed by atoms with Gasteiger partial charge in [0.05, 0.1) is 21.4 Å².